The summed E-state index contributed by atoms with van der Waals surface area (Å²) in [6, 6.07) is 3.94. The molecule has 0 spiro atoms. The molecule has 1 heterocycles. The van der Waals surface area contributed by atoms with Gasteiger partial charge in [-0.15, -0.1) is 0 Å². The van der Waals surface area contributed by atoms with Crippen LogP contribution in [0.1, 0.15) is 124 Å². The first kappa shape index (κ1) is 43.2. The van der Waals surface area contributed by atoms with Crippen LogP contribution in [0.5, 0.6) is 0 Å². The molecule has 6 amide bonds. The second kappa shape index (κ2) is 23.5. The summed E-state index contributed by atoms with van der Waals surface area (Å²) in [5.74, 6) is -3.15. The highest BCUT2D eigenvalue weighted by molar-refractivity contribution is 5.97. The lowest BCUT2D eigenvalue weighted by Gasteiger charge is -2.28. The lowest BCUT2D eigenvalue weighted by molar-refractivity contribution is -0.136. The quantitative estimate of drug-likeness (QED) is 0.134. The van der Waals surface area contributed by atoms with E-state index in [-0.39, 0.29) is 43.6 Å². The molecule has 1 saturated heterocycles. The Bertz CT molecular complexity index is 1260. The highest BCUT2D eigenvalue weighted by atomic mass is 16.2. The molecule has 2 rings (SSSR count). The molecule has 5 atom stereocenters. The lowest BCUT2D eigenvalue weighted by atomic mass is 10.00. The smallest absolute Gasteiger partial charge is 0.245 e. The SMILES string of the molecule is CCCCCCCCCCCC(=O)N[C@@H]1CNC(=O)[C@@H](CC(C)C)NC(=O)[C@@H](C)NC(=O)[C@@H](CC(C)C)NC(=O)[C@@H](Cc2ccccc2)NC1=O. The summed E-state index contributed by atoms with van der Waals surface area (Å²) in [5, 5.41) is 16.5. The standard InChI is InChI=1S/C39H64N6O6/c1-7-8-9-10-11-12-13-14-18-21-34(46)42-33-25-40-36(48)30(22-26(2)3)43-35(47)28(6)41-37(49)31(23-27(4)5)44-38(50)32(45-39(33)51)24-29-19-16-15-17-20-29/h15-17,19-20,26-28,30-33H,7-14,18,21-25H2,1-6H3,(H,40,48)(H,41,49)(H,42,46)(H,43,47)(H,44,50)(H,45,51)/t28-,30-,31-,32-,33-/m1/s1. The fraction of sp³-hybridized carbons (Fsp3) is 0.692. The highest BCUT2D eigenvalue weighted by Crippen LogP contribution is 2.12. The molecule has 286 valence electrons. The zero-order valence-electron chi connectivity index (χ0n) is 31.8. The third kappa shape index (κ3) is 17.2. The van der Waals surface area contributed by atoms with E-state index in [1.165, 1.54) is 39.0 Å². The van der Waals surface area contributed by atoms with Gasteiger partial charge in [-0.1, -0.05) is 116 Å². The molecule has 0 unspecified atom stereocenters. The van der Waals surface area contributed by atoms with Gasteiger partial charge in [0.05, 0.1) is 0 Å². The molecule has 0 bridgehead atoms. The number of carbonyl (C=O) groups excluding carboxylic acids is 6. The van der Waals surface area contributed by atoms with E-state index in [0.29, 0.717) is 12.8 Å². The van der Waals surface area contributed by atoms with Crippen molar-refractivity contribution in [3.05, 3.63) is 35.9 Å². The molecule has 1 aliphatic heterocycles. The Hall–Kier alpha value is -3.96. The number of carbonyl (C=O) groups is 6. The number of nitrogens with one attached hydrogen (secondary N) is 6. The van der Waals surface area contributed by atoms with Crippen LogP contribution in [0.15, 0.2) is 30.3 Å². The number of unbranched alkanes of at least 4 members (excludes halogenated alkanes) is 8. The first-order valence-corrected chi connectivity index (χ1v) is 19.1. The van der Waals surface area contributed by atoms with Crippen LogP contribution in [0.25, 0.3) is 0 Å². The Morgan fingerprint density at radius 2 is 1.18 bits per heavy atom. The highest BCUT2D eigenvalue weighted by Gasteiger charge is 2.33. The minimum Gasteiger partial charge on any atom is -0.352 e. The lowest BCUT2D eigenvalue weighted by Crippen LogP contribution is -2.61. The molecular weight excluding hydrogens is 648 g/mol. The molecule has 12 heteroatoms. The molecule has 51 heavy (non-hydrogen) atoms. The number of hydrogen-bond acceptors (Lipinski definition) is 6. The van der Waals surface area contributed by atoms with Crippen molar-refractivity contribution in [2.24, 2.45) is 11.8 Å². The number of amides is 6. The normalized spacial score (nSPS) is 22.5. The second-order valence-corrected chi connectivity index (χ2v) is 14.8. The summed E-state index contributed by atoms with van der Waals surface area (Å²) in [7, 11) is 0. The summed E-state index contributed by atoms with van der Waals surface area (Å²) < 4.78 is 0. The molecular formula is C39H64N6O6. The van der Waals surface area contributed by atoms with Gasteiger partial charge in [-0.3, -0.25) is 28.8 Å². The number of hydrogen-bond donors (Lipinski definition) is 6. The van der Waals surface area contributed by atoms with Crippen molar-refractivity contribution in [2.45, 2.75) is 155 Å². The van der Waals surface area contributed by atoms with E-state index in [0.717, 1.165) is 24.8 Å². The first-order valence-electron chi connectivity index (χ1n) is 19.1. The van der Waals surface area contributed by atoms with Crippen molar-refractivity contribution in [2.75, 3.05) is 6.54 Å². The molecule has 12 nitrogen and oxygen atoms in total. The van der Waals surface area contributed by atoms with E-state index in [2.05, 4.69) is 38.8 Å². The van der Waals surface area contributed by atoms with Gasteiger partial charge in [0.25, 0.3) is 0 Å². The fourth-order valence-corrected chi connectivity index (χ4v) is 6.08. The Morgan fingerprint density at radius 1 is 0.667 bits per heavy atom. The van der Waals surface area contributed by atoms with Crippen LogP contribution in [0.3, 0.4) is 0 Å². The zero-order chi connectivity index (χ0) is 37.8. The van der Waals surface area contributed by atoms with Crippen LogP contribution in [0, 0.1) is 11.8 Å². The molecule has 1 aromatic carbocycles. The third-order valence-corrected chi connectivity index (χ3v) is 8.99. The zero-order valence-corrected chi connectivity index (χ0v) is 31.8. The van der Waals surface area contributed by atoms with Crippen LogP contribution >= 0.6 is 0 Å². The molecule has 0 aromatic heterocycles. The van der Waals surface area contributed by atoms with Crippen LogP contribution < -0.4 is 31.9 Å². The summed E-state index contributed by atoms with van der Waals surface area (Å²) >= 11 is 0. The number of benzene rings is 1. The first-order chi connectivity index (χ1) is 24.3. The molecule has 1 aromatic rings. The summed E-state index contributed by atoms with van der Waals surface area (Å²) in [4.78, 5) is 81.0. The van der Waals surface area contributed by atoms with Crippen molar-refractivity contribution in [3.8, 4) is 0 Å². The van der Waals surface area contributed by atoms with Crippen LogP contribution in [-0.4, -0.2) is 72.2 Å². The van der Waals surface area contributed by atoms with Gasteiger partial charge in [-0.05, 0) is 43.6 Å². The van der Waals surface area contributed by atoms with E-state index >= 15 is 0 Å². The van der Waals surface area contributed by atoms with E-state index < -0.39 is 59.7 Å². The second-order valence-electron chi connectivity index (χ2n) is 14.8. The Balaban J connectivity index is 2.33. The van der Waals surface area contributed by atoms with Gasteiger partial charge in [0, 0.05) is 19.4 Å². The summed E-state index contributed by atoms with van der Waals surface area (Å²) in [5.41, 5.74) is 0.776. The van der Waals surface area contributed by atoms with Crippen molar-refractivity contribution in [1.29, 1.82) is 0 Å². The van der Waals surface area contributed by atoms with Gasteiger partial charge in [0.15, 0.2) is 0 Å². The maximum Gasteiger partial charge on any atom is 0.245 e. The van der Waals surface area contributed by atoms with Crippen molar-refractivity contribution in [3.63, 3.8) is 0 Å². The largest absolute Gasteiger partial charge is 0.352 e. The molecule has 0 aliphatic carbocycles. The van der Waals surface area contributed by atoms with Gasteiger partial charge in [-0.25, -0.2) is 0 Å². The van der Waals surface area contributed by atoms with E-state index in [4.69, 9.17) is 0 Å². The van der Waals surface area contributed by atoms with Crippen LogP contribution in [0.2, 0.25) is 0 Å². The van der Waals surface area contributed by atoms with Crippen molar-refractivity contribution in [1.82, 2.24) is 31.9 Å². The van der Waals surface area contributed by atoms with Crippen molar-refractivity contribution >= 4 is 35.4 Å². The average Bonchev–Trinajstić information content (AvgIpc) is 3.07. The maximum atomic E-state index is 13.9. The van der Waals surface area contributed by atoms with Gasteiger partial charge < -0.3 is 31.9 Å². The molecule has 1 aliphatic rings. The Labute approximate surface area is 305 Å². The fourth-order valence-electron chi connectivity index (χ4n) is 6.08. The molecule has 0 saturated carbocycles. The molecule has 1 fully saturated rings. The van der Waals surface area contributed by atoms with E-state index in [1.807, 2.05) is 58.0 Å². The average molecular weight is 713 g/mol. The monoisotopic (exact) mass is 712 g/mol. The summed E-state index contributed by atoms with van der Waals surface area (Å²) in [6.45, 7) is 11.1. The Morgan fingerprint density at radius 3 is 1.76 bits per heavy atom. The van der Waals surface area contributed by atoms with E-state index in [9.17, 15) is 28.8 Å². The van der Waals surface area contributed by atoms with Crippen LogP contribution in [0.4, 0.5) is 0 Å². The van der Waals surface area contributed by atoms with Crippen LogP contribution in [-0.2, 0) is 35.2 Å². The maximum absolute atomic E-state index is 13.9. The predicted octanol–water partition coefficient (Wildman–Crippen LogP) is 3.82. The topological polar surface area (TPSA) is 175 Å². The van der Waals surface area contributed by atoms with Gasteiger partial charge in [0.2, 0.25) is 35.4 Å². The van der Waals surface area contributed by atoms with Gasteiger partial charge in [-0.2, -0.15) is 0 Å². The van der Waals surface area contributed by atoms with Gasteiger partial charge >= 0.3 is 0 Å². The van der Waals surface area contributed by atoms with Crippen molar-refractivity contribution < 1.29 is 28.8 Å². The predicted molar refractivity (Wildman–Crippen MR) is 199 cm³/mol. The Kier molecular flexibility index (Phi) is 19.9. The molecule has 0 radical (unpaired) electrons. The minimum atomic E-state index is -1.19. The van der Waals surface area contributed by atoms with Gasteiger partial charge in [0.1, 0.15) is 30.2 Å². The minimum absolute atomic E-state index is 0.0162. The number of rotatable bonds is 17. The van der Waals surface area contributed by atoms with E-state index in [1.54, 1.807) is 0 Å². The summed E-state index contributed by atoms with van der Waals surface area (Å²) in [6.07, 6.45) is 10.8. The molecule has 6 N–H and O–H groups in total. The third-order valence-electron chi connectivity index (χ3n) is 8.99.